The van der Waals surface area contributed by atoms with Gasteiger partial charge in [-0.3, -0.25) is 14.4 Å². The second kappa shape index (κ2) is 8.46. The van der Waals surface area contributed by atoms with E-state index in [1.54, 1.807) is 44.4 Å². The summed E-state index contributed by atoms with van der Waals surface area (Å²) in [4.78, 5) is 39.9. The van der Waals surface area contributed by atoms with Crippen molar-refractivity contribution in [2.45, 2.75) is 24.9 Å². The van der Waals surface area contributed by atoms with Gasteiger partial charge >= 0.3 is 0 Å². The number of aromatic hydroxyl groups is 1. The Hall–Kier alpha value is -4.62. The third-order valence-corrected chi connectivity index (χ3v) is 7.85. The largest absolute Gasteiger partial charge is 0.508 e. The summed E-state index contributed by atoms with van der Waals surface area (Å²) in [6, 6.07) is 10.3. The summed E-state index contributed by atoms with van der Waals surface area (Å²) in [6.45, 7) is 0. The summed E-state index contributed by atoms with van der Waals surface area (Å²) in [6.07, 6.45) is -0.0948. The number of carbonyl (C=O) groups excluding carboxylic acids is 3. The number of anilines is 1. The molecule has 0 aliphatic heterocycles. The molecular formula is C28H25N3O7. The molecule has 194 valence electrons. The van der Waals surface area contributed by atoms with Gasteiger partial charge in [0.15, 0.2) is 11.4 Å². The summed E-state index contributed by atoms with van der Waals surface area (Å²) >= 11 is 0. The highest BCUT2D eigenvalue weighted by Crippen LogP contribution is 2.54. The number of benzene rings is 2. The maximum atomic E-state index is 13.7. The van der Waals surface area contributed by atoms with Crippen molar-refractivity contribution < 1.29 is 34.8 Å². The lowest BCUT2D eigenvalue weighted by Crippen LogP contribution is -2.58. The predicted octanol–water partition coefficient (Wildman–Crippen LogP) is 2.03. The van der Waals surface area contributed by atoms with Crippen LogP contribution in [0.2, 0.25) is 0 Å². The number of phenols is 1. The van der Waals surface area contributed by atoms with E-state index in [-0.39, 0.29) is 36.1 Å². The molecular weight excluding hydrogens is 490 g/mol. The number of hydrogen-bond acceptors (Lipinski definition) is 9. The maximum absolute atomic E-state index is 13.7. The molecule has 1 amide bonds. The number of aliphatic hydroxyl groups is 3. The fraction of sp³-hybridized carbons (Fsp3) is 0.286. The van der Waals surface area contributed by atoms with Crippen LogP contribution in [0.4, 0.5) is 5.69 Å². The number of phenolic OH excluding ortho intramolecular Hbond substituents is 1. The number of rotatable bonds is 3. The number of aliphatic hydroxyl groups excluding tert-OH is 2. The topological polar surface area (TPSA) is 185 Å². The number of primary amides is 1. The Bertz CT molecular complexity index is 1550. The fourth-order valence-electron chi connectivity index (χ4n) is 6.01. The van der Waals surface area contributed by atoms with E-state index in [1.807, 2.05) is 11.0 Å². The summed E-state index contributed by atoms with van der Waals surface area (Å²) in [5.41, 5.74) is 4.22. The fourth-order valence-corrected chi connectivity index (χ4v) is 6.01. The van der Waals surface area contributed by atoms with Crippen LogP contribution >= 0.6 is 0 Å². The zero-order chi connectivity index (χ0) is 27.7. The normalized spacial score (nSPS) is 24.4. The lowest BCUT2D eigenvalue weighted by atomic mass is 9.59. The van der Waals surface area contributed by atoms with E-state index >= 15 is 0 Å². The Morgan fingerprint density at radius 1 is 1.13 bits per heavy atom. The van der Waals surface area contributed by atoms with Crippen molar-refractivity contribution in [2.75, 3.05) is 19.0 Å². The molecule has 1 fully saturated rings. The molecule has 6 N–H and O–H groups in total. The van der Waals surface area contributed by atoms with Crippen molar-refractivity contribution >= 4 is 28.9 Å². The van der Waals surface area contributed by atoms with Crippen LogP contribution < -0.4 is 10.6 Å². The molecule has 2 aromatic carbocycles. The quantitative estimate of drug-likeness (QED) is 0.381. The lowest BCUT2D eigenvalue weighted by Gasteiger charge is -2.46. The molecule has 2 aromatic rings. The van der Waals surface area contributed by atoms with E-state index in [4.69, 9.17) is 11.0 Å². The van der Waals surface area contributed by atoms with Crippen LogP contribution in [0.3, 0.4) is 0 Å². The van der Waals surface area contributed by atoms with Crippen LogP contribution in [-0.2, 0) is 20.8 Å². The Labute approximate surface area is 217 Å². The molecule has 5 rings (SSSR count). The van der Waals surface area contributed by atoms with Crippen LogP contribution in [0.15, 0.2) is 47.2 Å². The van der Waals surface area contributed by atoms with Crippen LogP contribution in [0.5, 0.6) is 5.75 Å². The molecule has 10 heteroatoms. The number of Topliss-reactive ketones (excluding diaryl/α,β-unsaturated/α-hetero) is 2. The second-order valence-electron chi connectivity index (χ2n) is 10.1. The molecule has 3 aliphatic carbocycles. The van der Waals surface area contributed by atoms with Crippen molar-refractivity contribution in [3.8, 4) is 22.9 Å². The number of amides is 1. The van der Waals surface area contributed by atoms with Crippen molar-refractivity contribution in [3.05, 3.63) is 63.9 Å². The number of ketones is 2. The molecule has 0 spiro atoms. The minimum atomic E-state index is -2.61. The van der Waals surface area contributed by atoms with Crippen LogP contribution in [0.25, 0.3) is 16.9 Å². The van der Waals surface area contributed by atoms with Gasteiger partial charge in [0.2, 0.25) is 5.78 Å². The molecule has 0 bridgehead atoms. The van der Waals surface area contributed by atoms with E-state index in [0.717, 1.165) is 0 Å². The molecule has 3 unspecified atom stereocenters. The van der Waals surface area contributed by atoms with Gasteiger partial charge < -0.3 is 31.1 Å². The highest BCUT2D eigenvalue weighted by molar-refractivity contribution is 6.22. The Morgan fingerprint density at radius 2 is 1.79 bits per heavy atom. The van der Waals surface area contributed by atoms with Crippen molar-refractivity contribution in [1.82, 2.24) is 0 Å². The van der Waals surface area contributed by atoms with Gasteiger partial charge in [-0.2, -0.15) is 5.26 Å². The number of nitriles is 1. The first-order valence-corrected chi connectivity index (χ1v) is 12.0. The van der Waals surface area contributed by atoms with Gasteiger partial charge in [-0.1, -0.05) is 12.1 Å². The minimum absolute atomic E-state index is 0.0164. The van der Waals surface area contributed by atoms with Gasteiger partial charge in [0.1, 0.15) is 22.8 Å². The van der Waals surface area contributed by atoms with Crippen LogP contribution in [-0.4, -0.2) is 57.6 Å². The van der Waals surface area contributed by atoms with Gasteiger partial charge in [-0.15, -0.1) is 0 Å². The summed E-state index contributed by atoms with van der Waals surface area (Å²) in [5.74, 6) is -6.65. The first-order valence-electron chi connectivity index (χ1n) is 12.0. The van der Waals surface area contributed by atoms with Crippen molar-refractivity contribution in [3.63, 3.8) is 0 Å². The van der Waals surface area contributed by atoms with E-state index < -0.39 is 52.0 Å². The van der Waals surface area contributed by atoms with Gasteiger partial charge in [-0.25, -0.2) is 0 Å². The maximum Gasteiger partial charge on any atom is 0.255 e. The number of nitrogens with two attached hydrogens (primary N) is 1. The summed E-state index contributed by atoms with van der Waals surface area (Å²) in [5, 5.41) is 54.0. The third-order valence-electron chi connectivity index (χ3n) is 7.85. The van der Waals surface area contributed by atoms with Crippen molar-refractivity contribution in [2.24, 2.45) is 17.6 Å². The average Bonchev–Trinajstić information content (AvgIpc) is 2.86. The van der Waals surface area contributed by atoms with E-state index in [0.29, 0.717) is 27.9 Å². The Kier molecular flexibility index (Phi) is 5.58. The zero-order valence-electron chi connectivity index (χ0n) is 20.6. The van der Waals surface area contributed by atoms with Crippen molar-refractivity contribution in [1.29, 1.82) is 5.26 Å². The highest BCUT2D eigenvalue weighted by Gasteiger charge is 2.60. The number of nitrogens with zero attached hydrogens (tertiary/aromatic N) is 2. The van der Waals surface area contributed by atoms with Gasteiger partial charge in [0.05, 0.1) is 17.2 Å². The number of carbonyl (C=O) groups is 3. The SMILES string of the molecule is CN(C)c1cc(-c2ccc(C#N)cc2)c(O)c2c1CC1CC3CC(=O)C(C(N)=O)=C(O)C3(O)C(=O)C1=C2O. The number of hydrogen-bond donors (Lipinski definition) is 5. The molecule has 0 aromatic heterocycles. The Balaban J connectivity index is 1.74. The minimum Gasteiger partial charge on any atom is -0.508 e. The highest BCUT2D eigenvalue weighted by atomic mass is 16.3. The molecule has 1 saturated carbocycles. The van der Waals surface area contributed by atoms with E-state index in [9.17, 15) is 34.8 Å². The third kappa shape index (κ3) is 3.32. The molecule has 10 nitrogen and oxygen atoms in total. The van der Waals surface area contributed by atoms with E-state index in [2.05, 4.69) is 0 Å². The summed E-state index contributed by atoms with van der Waals surface area (Å²) in [7, 11) is 3.59. The van der Waals surface area contributed by atoms with Gasteiger partial charge in [0, 0.05) is 43.3 Å². The average molecular weight is 516 g/mol. The van der Waals surface area contributed by atoms with Gasteiger partial charge in [0.25, 0.3) is 5.91 Å². The first-order chi connectivity index (χ1) is 17.9. The number of fused-ring (bicyclic) bond motifs is 3. The summed E-state index contributed by atoms with van der Waals surface area (Å²) < 4.78 is 0. The zero-order valence-corrected chi connectivity index (χ0v) is 20.6. The lowest BCUT2D eigenvalue weighted by molar-refractivity contribution is -0.147. The second-order valence-corrected chi connectivity index (χ2v) is 10.1. The molecule has 0 radical (unpaired) electrons. The molecule has 0 heterocycles. The molecule has 3 aliphatic rings. The van der Waals surface area contributed by atoms with Crippen LogP contribution in [0.1, 0.15) is 29.5 Å². The predicted molar refractivity (Wildman–Crippen MR) is 136 cm³/mol. The van der Waals surface area contributed by atoms with E-state index in [1.165, 1.54) is 0 Å². The molecule has 3 atom stereocenters. The Morgan fingerprint density at radius 3 is 2.37 bits per heavy atom. The van der Waals surface area contributed by atoms with Crippen LogP contribution in [0, 0.1) is 23.2 Å². The standard InChI is InChI=1S/C28H25N3O7/c1-31(2)18-10-16(13-5-3-12(11-29)4-6-13)23(33)21-17(18)8-14-7-15-9-19(32)22(27(30)37)26(36)28(15,38)25(35)20(14)24(21)34/h3-6,10,14-15,33-34,36,38H,7-9H2,1-2H3,(H2,30,37). The molecule has 0 saturated heterocycles. The van der Waals surface area contributed by atoms with Gasteiger partial charge in [-0.05, 0) is 48.1 Å². The first kappa shape index (κ1) is 25.0. The monoisotopic (exact) mass is 515 g/mol. The molecule has 38 heavy (non-hydrogen) atoms. The smallest absolute Gasteiger partial charge is 0.255 e.